The third-order valence-electron chi connectivity index (χ3n) is 10.1. The Morgan fingerprint density at radius 2 is 0.673 bits per heavy atom. The second kappa shape index (κ2) is 15.5. The zero-order valence-corrected chi connectivity index (χ0v) is 33.7. The van der Waals surface area contributed by atoms with Crippen LogP contribution in [0.25, 0.3) is 0 Å². The molecule has 55 heavy (non-hydrogen) atoms. The van der Waals surface area contributed by atoms with Crippen molar-refractivity contribution in [1.29, 1.82) is 0 Å². The minimum absolute atomic E-state index is 0.0176. The molecule has 4 heteroatoms. The summed E-state index contributed by atoms with van der Waals surface area (Å²) in [6.45, 7) is 15.6. The molecule has 0 N–H and O–H groups in total. The Labute approximate surface area is 333 Å². The van der Waals surface area contributed by atoms with Gasteiger partial charge >= 0.3 is 0 Å². The summed E-state index contributed by atoms with van der Waals surface area (Å²) in [4.78, 5) is 6.84. The van der Waals surface area contributed by atoms with Crippen molar-refractivity contribution in [2.75, 3.05) is 14.7 Å². The van der Waals surface area contributed by atoms with Gasteiger partial charge in [0.15, 0.2) is 0 Å². The predicted octanol–water partition coefficient (Wildman–Crippen LogP) is 15.7. The van der Waals surface area contributed by atoms with E-state index < -0.39 is 0 Å². The minimum atomic E-state index is 0.0176. The highest BCUT2D eigenvalue weighted by atomic mass is 35.5. The van der Waals surface area contributed by atoms with Crippen molar-refractivity contribution in [3.8, 4) is 0 Å². The molecule has 0 bridgehead atoms. The van der Waals surface area contributed by atoms with Crippen LogP contribution in [0.15, 0.2) is 176 Å². The summed E-state index contributed by atoms with van der Waals surface area (Å²) in [7, 11) is 0. The van der Waals surface area contributed by atoms with E-state index in [0.717, 1.165) is 51.2 Å². The van der Waals surface area contributed by atoms with Crippen LogP contribution < -0.4 is 14.7 Å². The minimum Gasteiger partial charge on any atom is -0.310 e. The topological polar surface area (TPSA) is 9.72 Å². The van der Waals surface area contributed by atoms with Crippen molar-refractivity contribution in [1.82, 2.24) is 0 Å². The molecule has 0 radical (unpaired) electrons. The highest BCUT2D eigenvalue weighted by Gasteiger charge is 2.24. The molecule has 0 saturated carbocycles. The number of anilines is 9. The van der Waals surface area contributed by atoms with E-state index in [1.54, 1.807) is 0 Å². The van der Waals surface area contributed by atoms with Crippen molar-refractivity contribution in [2.24, 2.45) is 0 Å². The number of para-hydroxylation sites is 2. The molecule has 0 heterocycles. The molecule has 0 aliphatic carbocycles. The normalized spacial score (nSPS) is 11.6. The molecule has 276 valence electrons. The van der Waals surface area contributed by atoms with E-state index in [1.807, 2.05) is 0 Å². The highest BCUT2D eigenvalue weighted by molar-refractivity contribution is 6.36. The van der Waals surface area contributed by atoms with Crippen LogP contribution in [0.1, 0.15) is 58.2 Å². The van der Waals surface area contributed by atoms with E-state index in [1.165, 1.54) is 16.7 Å². The van der Waals surface area contributed by atoms with E-state index in [9.17, 15) is 0 Å². The molecule has 0 aliphatic rings. The molecule has 0 unspecified atom stereocenters. The maximum absolute atomic E-state index is 7.74. The van der Waals surface area contributed by atoms with Gasteiger partial charge in [-0.1, -0.05) is 144 Å². The van der Waals surface area contributed by atoms with Gasteiger partial charge in [0.1, 0.15) is 0 Å². The molecule has 0 amide bonds. The summed E-state index contributed by atoms with van der Waals surface area (Å²) in [5, 5.41) is 0.649. The molecular formula is C51H50ClN3. The maximum Gasteiger partial charge on any atom is 0.0887 e. The fraction of sp³-hybridized carbons (Fsp3) is 0.176. The van der Waals surface area contributed by atoms with Crippen molar-refractivity contribution < 1.29 is 0 Å². The van der Waals surface area contributed by atoms with Crippen LogP contribution in [0.2, 0.25) is 5.02 Å². The summed E-state index contributed by atoms with van der Waals surface area (Å²) in [6.07, 6.45) is 0. The number of rotatable bonds is 9. The Morgan fingerprint density at radius 1 is 0.345 bits per heavy atom. The SMILES string of the molecule is Cc1ccc(N(c2ccc(C(C)(C)C)cc2)c2cccc(N(c3ccc(C(C)(C)C)cc3)c3cccc(N(c4ccccc4)c4ccccc4)c3)c2Cl)cc1. The van der Waals surface area contributed by atoms with E-state index in [4.69, 9.17) is 11.6 Å². The van der Waals surface area contributed by atoms with E-state index in [0.29, 0.717) is 5.02 Å². The lowest BCUT2D eigenvalue weighted by molar-refractivity contribution is 0.590. The van der Waals surface area contributed by atoms with Crippen LogP contribution in [0.4, 0.5) is 51.2 Å². The van der Waals surface area contributed by atoms with E-state index in [-0.39, 0.29) is 10.8 Å². The van der Waals surface area contributed by atoms with Gasteiger partial charge in [0.05, 0.1) is 16.4 Å². The largest absolute Gasteiger partial charge is 0.310 e. The first-order chi connectivity index (χ1) is 26.4. The maximum atomic E-state index is 7.74. The van der Waals surface area contributed by atoms with Gasteiger partial charge in [0.25, 0.3) is 0 Å². The van der Waals surface area contributed by atoms with Gasteiger partial charge in [0, 0.05) is 39.8 Å². The van der Waals surface area contributed by atoms with Gasteiger partial charge in [-0.15, -0.1) is 0 Å². The molecule has 0 aromatic heterocycles. The molecule has 3 nitrogen and oxygen atoms in total. The monoisotopic (exact) mass is 739 g/mol. The van der Waals surface area contributed by atoms with Crippen molar-refractivity contribution in [3.63, 3.8) is 0 Å². The van der Waals surface area contributed by atoms with E-state index >= 15 is 0 Å². The average molecular weight is 740 g/mol. The Hall–Kier alpha value is -5.77. The number of aryl methyl sites for hydroxylation is 1. The zero-order chi connectivity index (χ0) is 38.7. The smallest absolute Gasteiger partial charge is 0.0887 e. The van der Waals surface area contributed by atoms with Crippen LogP contribution in [-0.4, -0.2) is 0 Å². The standard InChI is InChI=1S/C51H50ClN3/c1-37-24-30-42(31-25-37)54(43-32-26-38(27-33-43)50(2,3)4)47-22-15-23-48(49(47)52)55(44-34-28-39(29-35-44)51(5,6)7)46-21-14-20-45(36-46)53(40-16-10-8-11-17-40)41-18-12-9-13-19-41/h8-36H,1-7H3. The molecule has 0 aliphatic heterocycles. The molecule has 7 aromatic carbocycles. The Balaban J connectivity index is 1.42. The lowest BCUT2D eigenvalue weighted by atomic mass is 9.87. The average Bonchev–Trinajstić information content (AvgIpc) is 3.18. The number of hydrogen-bond acceptors (Lipinski definition) is 3. The van der Waals surface area contributed by atoms with Crippen molar-refractivity contribution in [2.45, 2.75) is 59.3 Å². The van der Waals surface area contributed by atoms with Gasteiger partial charge in [-0.2, -0.15) is 0 Å². The van der Waals surface area contributed by atoms with Gasteiger partial charge in [-0.3, -0.25) is 0 Å². The summed E-state index contributed by atoms with van der Waals surface area (Å²) in [6, 6.07) is 62.5. The Bertz CT molecular complexity index is 2300. The molecule has 0 atom stereocenters. The molecule has 0 fully saturated rings. The van der Waals surface area contributed by atoms with Crippen molar-refractivity contribution in [3.05, 3.63) is 198 Å². The molecule has 0 saturated heterocycles. The summed E-state index contributed by atoms with van der Waals surface area (Å²) < 4.78 is 0. The lowest BCUT2D eigenvalue weighted by Crippen LogP contribution is -2.16. The first-order valence-electron chi connectivity index (χ1n) is 19.1. The molecule has 7 rings (SSSR count). The second-order valence-corrected chi connectivity index (χ2v) is 16.6. The first kappa shape index (κ1) is 37.5. The molecule has 0 spiro atoms. The van der Waals surface area contributed by atoms with E-state index in [2.05, 4.69) is 239 Å². The quantitative estimate of drug-likeness (QED) is 0.146. The number of nitrogens with zero attached hydrogens (tertiary/aromatic N) is 3. The number of halogens is 1. The molecule has 7 aromatic rings. The fourth-order valence-corrected chi connectivity index (χ4v) is 7.29. The van der Waals surface area contributed by atoms with Gasteiger partial charge in [-0.05, 0) is 120 Å². The predicted molar refractivity (Wildman–Crippen MR) is 238 cm³/mol. The fourth-order valence-electron chi connectivity index (χ4n) is 7.00. The number of benzene rings is 7. The number of hydrogen-bond donors (Lipinski definition) is 0. The Morgan fingerprint density at radius 3 is 1.09 bits per heavy atom. The van der Waals surface area contributed by atoms with Crippen LogP contribution in [0.3, 0.4) is 0 Å². The van der Waals surface area contributed by atoms with Gasteiger partial charge in [-0.25, -0.2) is 0 Å². The molecular weight excluding hydrogens is 690 g/mol. The third kappa shape index (κ3) is 8.18. The first-order valence-corrected chi connectivity index (χ1v) is 19.4. The summed E-state index contributed by atoms with van der Waals surface area (Å²) in [5.41, 5.74) is 12.9. The van der Waals surface area contributed by atoms with Crippen molar-refractivity contribution >= 4 is 62.8 Å². The zero-order valence-electron chi connectivity index (χ0n) is 33.0. The third-order valence-corrected chi connectivity index (χ3v) is 10.5. The summed E-state index contributed by atoms with van der Waals surface area (Å²) >= 11 is 7.74. The summed E-state index contributed by atoms with van der Waals surface area (Å²) in [5.74, 6) is 0. The van der Waals surface area contributed by atoms with Crippen LogP contribution in [0, 0.1) is 6.92 Å². The van der Waals surface area contributed by atoms with Crippen LogP contribution in [0.5, 0.6) is 0 Å². The highest BCUT2D eigenvalue weighted by Crippen LogP contribution is 2.48. The second-order valence-electron chi connectivity index (χ2n) is 16.2. The van der Waals surface area contributed by atoms with Gasteiger partial charge in [0.2, 0.25) is 0 Å². The van der Waals surface area contributed by atoms with Crippen LogP contribution >= 0.6 is 11.6 Å². The van der Waals surface area contributed by atoms with Gasteiger partial charge < -0.3 is 14.7 Å². The lowest BCUT2D eigenvalue weighted by Gasteiger charge is -2.32. The Kier molecular flexibility index (Phi) is 10.6. The van der Waals surface area contributed by atoms with Crippen LogP contribution in [-0.2, 0) is 10.8 Å².